The number of hydrogen-bond acceptors (Lipinski definition) is 8. The fraction of sp³-hybridized carbons (Fsp3) is 0.333. The molecule has 2 aromatic carbocycles. The molecule has 0 atom stereocenters. The second-order valence-corrected chi connectivity index (χ2v) is 11.1. The molecular weight excluding hydrogens is 515 g/mol. The molecule has 204 valence electrons. The van der Waals surface area contributed by atoms with Crippen LogP contribution in [0.3, 0.4) is 0 Å². The van der Waals surface area contributed by atoms with E-state index in [1.165, 1.54) is 48.7 Å². The molecule has 0 bridgehead atoms. The number of carbonyl (C=O) groups excluding carboxylic acids is 2. The van der Waals surface area contributed by atoms with Gasteiger partial charge in [-0.3, -0.25) is 4.79 Å². The second kappa shape index (κ2) is 12.2. The van der Waals surface area contributed by atoms with E-state index in [0.717, 1.165) is 3.97 Å². The molecule has 0 radical (unpaired) electrons. The van der Waals surface area contributed by atoms with Gasteiger partial charge in [0.25, 0.3) is 10.0 Å². The summed E-state index contributed by atoms with van der Waals surface area (Å²) in [4.78, 5) is 23.5. The lowest BCUT2D eigenvalue weighted by molar-refractivity contribution is -0.153. The SMILES string of the molecule is CCOC(=O)COc1cccc(S(=O)(=O)n2cc(CNCC(=O)OC(C)(C)C)cc2-c2ccccc2F)c1. The highest BCUT2D eigenvalue weighted by molar-refractivity contribution is 7.90. The smallest absolute Gasteiger partial charge is 0.344 e. The van der Waals surface area contributed by atoms with Gasteiger partial charge >= 0.3 is 11.9 Å². The van der Waals surface area contributed by atoms with Gasteiger partial charge in [-0.15, -0.1) is 0 Å². The summed E-state index contributed by atoms with van der Waals surface area (Å²) in [7, 11) is -4.22. The van der Waals surface area contributed by atoms with Crippen molar-refractivity contribution in [2.45, 2.75) is 44.7 Å². The van der Waals surface area contributed by atoms with E-state index in [-0.39, 0.29) is 48.2 Å². The molecule has 1 heterocycles. The lowest BCUT2D eigenvalue weighted by Crippen LogP contribution is -2.31. The second-order valence-electron chi connectivity index (χ2n) is 9.27. The summed E-state index contributed by atoms with van der Waals surface area (Å²) in [6.45, 7) is 6.79. The number of ether oxygens (including phenoxy) is 3. The van der Waals surface area contributed by atoms with Gasteiger partial charge < -0.3 is 19.5 Å². The van der Waals surface area contributed by atoms with E-state index >= 15 is 0 Å². The Kier molecular flexibility index (Phi) is 9.29. The largest absolute Gasteiger partial charge is 0.482 e. The highest BCUT2D eigenvalue weighted by Gasteiger charge is 2.24. The van der Waals surface area contributed by atoms with Gasteiger partial charge in [-0.25, -0.2) is 21.6 Å². The molecule has 0 fully saturated rings. The Morgan fingerprint density at radius 2 is 1.76 bits per heavy atom. The monoisotopic (exact) mass is 546 g/mol. The van der Waals surface area contributed by atoms with Crippen LogP contribution >= 0.6 is 0 Å². The van der Waals surface area contributed by atoms with Crippen LogP contribution in [0.15, 0.2) is 65.7 Å². The van der Waals surface area contributed by atoms with Crippen LogP contribution in [0, 0.1) is 5.82 Å². The quantitative estimate of drug-likeness (QED) is 0.361. The van der Waals surface area contributed by atoms with Gasteiger partial charge in [0.1, 0.15) is 17.2 Å². The Balaban J connectivity index is 1.91. The summed E-state index contributed by atoms with van der Waals surface area (Å²) in [5.41, 5.74) is 0.0623. The summed E-state index contributed by atoms with van der Waals surface area (Å²) in [5.74, 6) is -1.49. The van der Waals surface area contributed by atoms with Crippen LogP contribution in [0.25, 0.3) is 11.3 Å². The van der Waals surface area contributed by atoms with Crippen molar-refractivity contribution in [1.29, 1.82) is 0 Å². The van der Waals surface area contributed by atoms with E-state index in [2.05, 4.69) is 5.32 Å². The first-order chi connectivity index (χ1) is 17.9. The molecule has 3 rings (SSSR count). The van der Waals surface area contributed by atoms with Crippen molar-refractivity contribution < 1.29 is 36.6 Å². The predicted molar refractivity (Wildman–Crippen MR) is 139 cm³/mol. The molecule has 3 aromatic rings. The first-order valence-electron chi connectivity index (χ1n) is 11.9. The van der Waals surface area contributed by atoms with Crippen LogP contribution in [0.5, 0.6) is 5.75 Å². The summed E-state index contributed by atoms with van der Waals surface area (Å²) >= 11 is 0. The number of halogens is 1. The van der Waals surface area contributed by atoms with Crippen LogP contribution in [0.2, 0.25) is 0 Å². The number of nitrogens with one attached hydrogen (secondary N) is 1. The lowest BCUT2D eigenvalue weighted by Gasteiger charge is -2.19. The predicted octanol–water partition coefficient (Wildman–Crippen LogP) is 3.90. The molecule has 0 saturated carbocycles. The van der Waals surface area contributed by atoms with E-state index < -0.39 is 33.4 Å². The standard InChI is InChI=1S/C27H31FN2O7S/c1-5-35-26(32)18-36-20-9-8-10-21(14-20)38(33,34)30-17-19(15-29-16-25(31)37-27(2,3)4)13-24(30)22-11-6-7-12-23(22)28/h6-14,17,29H,5,15-16,18H2,1-4H3. The van der Waals surface area contributed by atoms with Crippen LogP contribution in [-0.4, -0.2) is 49.7 Å². The number of esters is 2. The number of nitrogens with zero attached hydrogens (tertiary/aromatic N) is 1. The Morgan fingerprint density at radius 1 is 1.03 bits per heavy atom. The van der Waals surface area contributed by atoms with E-state index in [1.807, 2.05) is 0 Å². The van der Waals surface area contributed by atoms with E-state index in [9.17, 15) is 22.4 Å². The number of benzene rings is 2. The molecule has 11 heteroatoms. The zero-order valence-corrected chi connectivity index (χ0v) is 22.5. The average molecular weight is 547 g/mol. The van der Waals surface area contributed by atoms with Crippen molar-refractivity contribution in [2.24, 2.45) is 0 Å². The van der Waals surface area contributed by atoms with Crippen molar-refractivity contribution in [2.75, 3.05) is 19.8 Å². The summed E-state index contributed by atoms with van der Waals surface area (Å²) in [6, 6.07) is 13.0. The Morgan fingerprint density at radius 3 is 2.45 bits per heavy atom. The minimum atomic E-state index is -4.22. The van der Waals surface area contributed by atoms with Crippen molar-refractivity contribution >= 4 is 22.0 Å². The lowest BCUT2D eigenvalue weighted by atomic mass is 10.1. The molecule has 0 aliphatic heterocycles. The molecule has 0 amide bonds. The van der Waals surface area contributed by atoms with Gasteiger partial charge in [0.05, 0.1) is 23.7 Å². The third kappa shape index (κ3) is 7.65. The fourth-order valence-corrected chi connectivity index (χ4v) is 4.95. The van der Waals surface area contributed by atoms with Crippen LogP contribution < -0.4 is 10.1 Å². The molecule has 0 aliphatic carbocycles. The number of rotatable bonds is 11. The van der Waals surface area contributed by atoms with Gasteiger partial charge in [0, 0.05) is 24.4 Å². The average Bonchev–Trinajstić information content (AvgIpc) is 3.27. The number of hydrogen-bond donors (Lipinski definition) is 1. The Labute approximate surface area is 221 Å². The summed E-state index contributed by atoms with van der Waals surface area (Å²) in [5, 5.41) is 2.93. The maximum atomic E-state index is 14.7. The van der Waals surface area contributed by atoms with Crippen molar-refractivity contribution in [3.8, 4) is 17.0 Å². The molecule has 0 spiro atoms. The normalized spacial score (nSPS) is 11.7. The van der Waals surface area contributed by atoms with E-state index in [0.29, 0.717) is 5.56 Å². The maximum absolute atomic E-state index is 14.7. The van der Waals surface area contributed by atoms with Crippen molar-refractivity contribution in [3.63, 3.8) is 0 Å². The molecule has 0 aliphatic rings. The summed E-state index contributed by atoms with van der Waals surface area (Å²) < 4.78 is 58.5. The van der Waals surface area contributed by atoms with Crippen LogP contribution in [0.1, 0.15) is 33.3 Å². The van der Waals surface area contributed by atoms with E-state index in [4.69, 9.17) is 14.2 Å². The van der Waals surface area contributed by atoms with Crippen LogP contribution in [0.4, 0.5) is 4.39 Å². The Bertz CT molecular complexity index is 1390. The minimum Gasteiger partial charge on any atom is -0.482 e. The first-order valence-corrected chi connectivity index (χ1v) is 13.4. The van der Waals surface area contributed by atoms with Crippen LogP contribution in [-0.2, 0) is 35.6 Å². The van der Waals surface area contributed by atoms with Crippen molar-refractivity contribution in [1.82, 2.24) is 9.29 Å². The van der Waals surface area contributed by atoms with Crippen molar-refractivity contribution in [3.05, 3.63) is 72.2 Å². The molecular formula is C27H31FN2O7S. The highest BCUT2D eigenvalue weighted by atomic mass is 32.2. The van der Waals surface area contributed by atoms with Gasteiger partial charge in [-0.05, 0) is 63.6 Å². The third-order valence-electron chi connectivity index (χ3n) is 5.04. The minimum absolute atomic E-state index is 0.0872. The maximum Gasteiger partial charge on any atom is 0.344 e. The molecule has 1 aromatic heterocycles. The Hall–Kier alpha value is -3.70. The molecule has 0 saturated heterocycles. The molecule has 0 unspecified atom stereocenters. The topological polar surface area (TPSA) is 113 Å². The summed E-state index contributed by atoms with van der Waals surface area (Å²) in [6.07, 6.45) is 1.37. The number of aromatic nitrogens is 1. The van der Waals surface area contributed by atoms with Gasteiger partial charge in [-0.2, -0.15) is 0 Å². The zero-order valence-electron chi connectivity index (χ0n) is 21.7. The highest BCUT2D eigenvalue weighted by Crippen LogP contribution is 2.30. The van der Waals surface area contributed by atoms with Gasteiger partial charge in [-0.1, -0.05) is 18.2 Å². The first kappa shape index (κ1) is 28.9. The third-order valence-corrected chi connectivity index (χ3v) is 6.70. The molecule has 38 heavy (non-hydrogen) atoms. The fourth-order valence-electron chi connectivity index (χ4n) is 3.53. The molecule has 9 nitrogen and oxygen atoms in total. The zero-order chi connectivity index (χ0) is 27.9. The van der Waals surface area contributed by atoms with E-state index in [1.54, 1.807) is 39.8 Å². The number of carbonyl (C=O) groups is 2. The van der Waals surface area contributed by atoms with Gasteiger partial charge in [0.15, 0.2) is 6.61 Å². The molecule has 1 N–H and O–H groups in total. The van der Waals surface area contributed by atoms with Gasteiger partial charge in [0.2, 0.25) is 0 Å².